The fourth-order valence-corrected chi connectivity index (χ4v) is 2.38. The zero-order valence-corrected chi connectivity index (χ0v) is 14.5. The monoisotopic (exact) mass is 334 g/mol. The van der Waals surface area contributed by atoms with Crippen LogP contribution in [0.5, 0.6) is 0 Å². The highest BCUT2D eigenvalue weighted by Gasteiger charge is 2.26. The Balaban J connectivity index is 2.81. The molecule has 0 unspecified atom stereocenters. The molecule has 2 atom stereocenters. The van der Waals surface area contributed by atoms with Crippen molar-refractivity contribution in [1.29, 1.82) is 0 Å². The Bertz CT molecular complexity index is 545. The summed E-state index contributed by atoms with van der Waals surface area (Å²) >= 11 is 0. The molecule has 0 aromatic heterocycles. The van der Waals surface area contributed by atoms with Crippen molar-refractivity contribution in [3.8, 4) is 0 Å². The summed E-state index contributed by atoms with van der Waals surface area (Å²) in [6.07, 6.45) is 2.56. The minimum Gasteiger partial charge on any atom is -0.467 e. The Kier molecular flexibility index (Phi) is 8.54. The second-order valence-electron chi connectivity index (χ2n) is 5.67. The molecule has 6 nitrogen and oxygen atoms in total. The van der Waals surface area contributed by atoms with Crippen molar-refractivity contribution >= 4 is 17.8 Å². The molecule has 1 aromatic carbocycles. The molecule has 0 saturated heterocycles. The quantitative estimate of drug-likeness (QED) is 0.672. The minimum atomic E-state index is -0.737. The molecule has 2 N–H and O–H groups in total. The summed E-state index contributed by atoms with van der Waals surface area (Å²) < 4.78 is 4.75. The van der Waals surface area contributed by atoms with Gasteiger partial charge in [0.2, 0.25) is 11.8 Å². The van der Waals surface area contributed by atoms with Crippen LogP contribution in [0.4, 0.5) is 0 Å². The summed E-state index contributed by atoms with van der Waals surface area (Å²) in [5.74, 6) is -1.16. The molecule has 0 bridgehead atoms. The first-order valence-electron chi connectivity index (χ1n) is 8.17. The molecule has 0 fully saturated rings. The van der Waals surface area contributed by atoms with Crippen LogP contribution >= 0.6 is 0 Å². The lowest BCUT2D eigenvalue weighted by atomic mass is 10.0. The van der Waals surface area contributed by atoms with Crippen LogP contribution in [0.15, 0.2) is 30.3 Å². The van der Waals surface area contributed by atoms with Crippen molar-refractivity contribution in [2.45, 2.75) is 51.6 Å². The van der Waals surface area contributed by atoms with E-state index >= 15 is 0 Å². The van der Waals surface area contributed by atoms with Gasteiger partial charge in [0.1, 0.15) is 12.1 Å². The zero-order chi connectivity index (χ0) is 17.9. The number of hydrogen-bond donors (Lipinski definition) is 2. The lowest BCUT2D eigenvalue weighted by molar-refractivity contribution is -0.145. The molecular weight excluding hydrogens is 308 g/mol. The van der Waals surface area contributed by atoms with Crippen molar-refractivity contribution in [3.63, 3.8) is 0 Å². The topological polar surface area (TPSA) is 84.5 Å². The number of carbonyl (C=O) groups is 3. The number of amides is 2. The molecule has 1 aromatic rings. The van der Waals surface area contributed by atoms with Crippen molar-refractivity contribution in [2.75, 3.05) is 7.11 Å². The average Bonchev–Trinajstić information content (AvgIpc) is 2.57. The van der Waals surface area contributed by atoms with Crippen LogP contribution in [-0.2, 0) is 25.5 Å². The van der Waals surface area contributed by atoms with Crippen LogP contribution in [0.1, 0.15) is 38.7 Å². The van der Waals surface area contributed by atoms with E-state index in [0.717, 1.165) is 18.4 Å². The number of esters is 1. The standard InChI is InChI=1S/C18H26N2O4/c1-4-5-11-15(18(23)24-3)20-17(22)16(19-13(2)21)12-14-9-7-6-8-10-14/h6-10,15-16H,4-5,11-12H2,1-3H3,(H,19,21)(H,20,22)/t15-,16-/m0/s1. The predicted octanol–water partition coefficient (Wildman–Crippen LogP) is 1.58. The third-order valence-electron chi connectivity index (χ3n) is 3.63. The van der Waals surface area contributed by atoms with E-state index in [1.54, 1.807) is 0 Å². The molecule has 0 spiro atoms. The number of methoxy groups -OCH3 is 1. The Morgan fingerprint density at radius 2 is 1.75 bits per heavy atom. The molecule has 0 aliphatic rings. The molecule has 0 saturated carbocycles. The molecule has 2 amide bonds. The number of carbonyl (C=O) groups excluding carboxylic acids is 3. The number of hydrogen-bond acceptors (Lipinski definition) is 4. The first-order valence-corrected chi connectivity index (χ1v) is 8.17. The Labute approximate surface area is 143 Å². The molecular formula is C18H26N2O4. The van der Waals surface area contributed by atoms with E-state index in [0.29, 0.717) is 12.8 Å². The molecule has 0 aliphatic carbocycles. The van der Waals surface area contributed by atoms with Crippen molar-refractivity contribution in [1.82, 2.24) is 10.6 Å². The van der Waals surface area contributed by atoms with Crippen LogP contribution in [-0.4, -0.2) is 37.0 Å². The summed E-state index contributed by atoms with van der Waals surface area (Å²) in [6, 6.07) is 7.96. The van der Waals surface area contributed by atoms with E-state index in [1.807, 2.05) is 37.3 Å². The smallest absolute Gasteiger partial charge is 0.328 e. The zero-order valence-electron chi connectivity index (χ0n) is 14.5. The van der Waals surface area contributed by atoms with Gasteiger partial charge in [0.15, 0.2) is 0 Å². The van der Waals surface area contributed by atoms with Crippen LogP contribution in [0.3, 0.4) is 0 Å². The molecule has 132 valence electrons. The number of unbranched alkanes of at least 4 members (excludes halogenated alkanes) is 1. The van der Waals surface area contributed by atoms with E-state index < -0.39 is 18.1 Å². The third-order valence-corrected chi connectivity index (χ3v) is 3.63. The van der Waals surface area contributed by atoms with Crippen LogP contribution in [0.2, 0.25) is 0 Å². The first-order chi connectivity index (χ1) is 11.5. The highest BCUT2D eigenvalue weighted by molar-refractivity contribution is 5.90. The Morgan fingerprint density at radius 3 is 2.29 bits per heavy atom. The van der Waals surface area contributed by atoms with Crippen molar-refractivity contribution in [3.05, 3.63) is 35.9 Å². The second kappa shape index (κ2) is 10.4. The maximum Gasteiger partial charge on any atom is 0.328 e. The summed E-state index contributed by atoms with van der Waals surface area (Å²) in [7, 11) is 1.29. The second-order valence-corrected chi connectivity index (χ2v) is 5.67. The first kappa shape index (κ1) is 19.7. The average molecular weight is 334 g/mol. The van der Waals surface area contributed by atoms with Gasteiger partial charge in [-0.2, -0.15) is 0 Å². The number of ether oxygens (including phenoxy) is 1. The molecule has 6 heteroatoms. The van der Waals surface area contributed by atoms with Crippen molar-refractivity contribution < 1.29 is 19.1 Å². The highest BCUT2D eigenvalue weighted by Crippen LogP contribution is 2.07. The van der Waals surface area contributed by atoms with Gasteiger partial charge in [-0.1, -0.05) is 50.1 Å². The molecule has 24 heavy (non-hydrogen) atoms. The minimum absolute atomic E-state index is 0.297. The van der Waals surface area contributed by atoms with Gasteiger partial charge in [-0.15, -0.1) is 0 Å². The summed E-state index contributed by atoms with van der Waals surface area (Å²) in [6.45, 7) is 3.37. The van der Waals surface area contributed by atoms with Crippen LogP contribution < -0.4 is 10.6 Å². The third kappa shape index (κ3) is 6.81. The van der Waals surface area contributed by atoms with Crippen LogP contribution in [0.25, 0.3) is 0 Å². The lowest BCUT2D eigenvalue weighted by Gasteiger charge is -2.22. The van der Waals surface area contributed by atoms with Gasteiger partial charge in [0.05, 0.1) is 7.11 Å². The number of rotatable bonds is 9. The van der Waals surface area contributed by atoms with Crippen molar-refractivity contribution in [2.24, 2.45) is 0 Å². The maximum absolute atomic E-state index is 12.5. The molecule has 0 aliphatic heterocycles. The Morgan fingerprint density at radius 1 is 1.08 bits per heavy atom. The van der Waals surface area contributed by atoms with E-state index in [2.05, 4.69) is 10.6 Å². The summed E-state index contributed by atoms with van der Waals surface area (Å²) in [5.41, 5.74) is 0.926. The van der Waals surface area contributed by atoms with E-state index in [9.17, 15) is 14.4 Å². The fraction of sp³-hybridized carbons (Fsp3) is 0.500. The largest absolute Gasteiger partial charge is 0.467 e. The van der Waals surface area contributed by atoms with Gasteiger partial charge in [-0.25, -0.2) is 4.79 Å². The lowest BCUT2D eigenvalue weighted by Crippen LogP contribution is -2.52. The molecule has 1 rings (SSSR count). The number of nitrogens with one attached hydrogen (secondary N) is 2. The number of benzene rings is 1. The predicted molar refractivity (Wildman–Crippen MR) is 91.2 cm³/mol. The SMILES string of the molecule is CCCC[C@H](NC(=O)[C@H](Cc1ccccc1)NC(C)=O)C(=O)OC. The van der Waals surface area contributed by atoms with Gasteiger partial charge >= 0.3 is 5.97 Å². The van der Waals surface area contributed by atoms with Gasteiger partial charge in [-0.05, 0) is 12.0 Å². The maximum atomic E-state index is 12.5. The van der Waals surface area contributed by atoms with Gasteiger partial charge in [0.25, 0.3) is 0 Å². The van der Waals surface area contributed by atoms with Gasteiger partial charge < -0.3 is 15.4 Å². The van der Waals surface area contributed by atoms with Gasteiger partial charge in [0, 0.05) is 13.3 Å². The van der Waals surface area contributed by atoms with E-state index in [4.69, 9.17) is 4.74 Å². The molecule has 0 heterocycles. The fourth-order valence-electron chi connectivity index (χ4n) is 2.38. The van der Waals surface area contributed by atoms with E-state index in [-0.39, 0.29) is 11.8 Å². The molecule has 0 radical (unpaired) electrons. The summed E-state index contributed by atoms with van der Waals surface area (Å²) in [5, 5.41) is 5.34. The van der Waals surface area contributed by atoms with Gasteiger partial charge in [-0.3, -0.25) is 9.59 Å². The highest BCUT2D eigenvalue weighted by atomic mass is 16.5. The Hall–Kier alpha value is -2.37. The normalized spacial score (nSPS) is 12.8. The van der Waals surface area contributed by atoms with Crippen LogP contribution in [0, 0.1) is 0 Å². The summed E-state index contributed by atoms with van der Waals surface area (Å²) in [4.78, 5) is 35.8. The van der Waals surface area contributed by atoms with E-state index in [1.165, 1.54) is 14.0 Å².